The number of ether oxygens (including phenoxy) is 1. The fourth-order valence-corrected chi connectivity index (χ4v) is 8.24. The van der Waals surface area contributed by atoms with Crippen LogP contribution in [0.1, 0.15) is 88.5 Å². The van der Waals surface area contributed by atoms with E-state index in [4.69, 9.17) is 22.9 Å². The molecule has 2 saturated heterocycles. The molecule has 4 heterocycles. The minimum atomic E-state index is -0.987. The third-order valence-corrected chi connectivity index (χ3v) is 11.3. The highest BCUT2D eigenvalue weighted by Crippen LogP contribution is 2.35. The Bertz CT molecular complexity index is 2140. The number of carbonyl (C=O) groups is 5. The Morgan fingerprint density at radius 1 is 0.849 bits per heavy atom. The summed E-state index contributed by atoms with van der Waals surface area (Å²) in [6.07, 6.45) is 9.33. The largest absolute Gasteiger partial charge is 0.490 e. The summed E-state index contributed by atoms with van der Waals surface area (Å²) in [5.74, 6) is -1.46. The first-order valence-electron chi connectivity index (χ1n) is 18.0. The van der Waals surface area contributed by atoms with Gasteiger partial charge in [-0.2, -0.15) is 0 Å². The molecule has 4 aromatic rings. The second-order valence-electron chi connectivity index (χ2n) is 14.2. The van der Waals surface area contributed by atoms with Gasteiger partial charge in [-0.1, -0.05) is 17.7 Å². The van der Waals surface area contributed by atoms with Crippen molar-refractivity contribution in [2.75, 3.05) is 18.0 Å². The summed E-state index contributed by atoms with van der Waals surface area (Å²) < 4.78 is 8.26. The number of nitrogens with one attached hydrogen (secondary N) is 2. The number of piperidine rings is 2. The lowest BCUT2D eigenvalue weighted by Crippen LogP contribution is -2.54. The predicted molar refractivity (Wildman–Crippen MR) is 197 cm³/mol. The summed E-state index contributed by atoms with van der Waals surface area (Å²) in [6.45, 7) is 8.81. The lowest BCUT2D eigenvalue weighted by Gasteiger charge is -2.34. The topological polar surface area (TPSA) is 134 Å². The Labute approximate surface area is 310 Å². The van der Waals surface area contributed by atoms with Crippen LogP contribution in [0.2, 0.25) is 5.02 Å². The summed E-state index contributed by atoms with van der Waals surface area (Å²) in [4.78, 5) is 70.4. The average Bonchev–Trinajstić information content (AvgIpc) is 3.69. The van der Waals surface area contributed by atoms with Gasteiger partial charge in [0.15, 0.2) is 0 Å². The molecule has 1 saturated carbocycles. The van der Waals surface area contributed by atoms with Crippen molar-refractivity contribution in [2.24, 2.45) is 0 Å². The number of amides is 5. The maximum absolute atomic E-state index is 13.3. The van der Waals surface area contributed by atoms with Gasteiger partial charge in [-0.25, -0.2) is 4.85 Å². The third-order valence-electron chi connectivity index (χ3n) is 11.0. The minimum absolute atomic E-state index is 0.0371. The van der Waals surface area contributed by atoms with Crippen LogP contribution in [0.3, 0.4) is 0 Å². The third kappa shape index (κ3) is 6.73. The highest BCUT2D eigenvalue weighted by atomic mass is 35.5. The van der Waals surface area contributed by atoms with E-state index in [0.717, 1.165) is 73.0 Å². The Morgan fingerprint density at radius 3 is 2.11 bits per heavy atom. The van der Waals surface area contributed by atoms with Crippen molar-refractivity contribution in [2.45, 2.75) is 75.6 Å². The van der Waals surface area contributed by atoms with Gasteiger partial charge < -0.3 is 19.5 Å². The first-order valence-corrected chi connectivity index (χ1v) is 18.4. The van der Waals surface area contributed by atoms with Crippen LogP contribution in [0.4, 0.5) is 11.4 Å². The van der Waals surface area contributed by atoms with E-state index in [1.54, 1.807) is 30.3 Å². The van der Waals surface area contributed by atoms with E-state index in [1.165, 1.54) is 0 Å². The van der Waals surface area contributed by atoms with Crippen molar-refractivity contribution in [3.8, 4) is 5.75 Å². The van der Waals surface area contributed by atoms with Crippen LogP contribution in [0.15, 0.2) is 67.0 Å². The quantitative estimate of drug-likeness (QED) is 0.171. The summed E-state index contributed by atoms with van der Waals surface area (Å²) in [7, 11) is 0. The van der Waals surface area contributed by atoms with Crippen LogP contribution in [-0.2, 0) is 9.59 Å². The zero-order chi connectivity index (χ0) is 36.8. The molecule has 8 rings (SSSR count). The number of hydrogen-bond acceptors (Lipinski definition) is 7. The molecule has 0 spiro atoms. The van der Waals surface area contributed by atoms with Crippen molar-refractivity contribution in [3.05, 3.63) is 100 Å². The van der Waals surface area contributed by atoms with Crippen LogP contribution < -0.4 is 20.3 Å². The van der Waals surface area contributed by atoms with Gasteiger partial charge in [-0.15, -0.1) is 0 Å². The summed E-state index contributed by atoms with van der Waals surface area (Å²) >= 11 is 6.15. The number of carbonyl (C=O) groups excluding carboxylic acids is 5. The molecule has 270 valence electrons. The van der Waals surface area contributed by atoms with E-state index in [1.807, 2.05) is 36.7 Å². The lowest BCUT2D eigenvalue weighted by molar-refractivity contribution is -0.136. The highest BCUT2D eigenvalue weighted by molar-refractivity contribution is 6.33. The maximum Gasteiger partial charge on any atom is 0.262 e. The molecule has 12 nitrogen and oxygen atoms in total. The smallest absolute Gasteiger partial charge is 0.262 e. The Morgan fingerprint density at radius 2 is 1.51 bits per heavy atom. The number of benzene rings is 3. The molecular weight excluding hydrogens is 696 g/mol. The van der Waals surface area contributed by atoms with Crippen LogP contribution in [0, 0.1) is 6.57 Å². The predicted octanol–water partition coefficient (Wildman–Crippen LogP) is 6.21. The van der Waals surface area contributed by atoms with Crippen molar-refractivity contribution < 1.29 is 28.7 Å². The SMILES string of the molecule is [C-]#[N+]c1ccc(OC2CCC(NC(=O)c3ccc(N4CCC(n5cc6cc7c(cc6c5)C(=O)N(C5CCC(=O)NC5=O)C7=O)CC4)cc3)CC2)cc1Cl. The first-order chi connectivity index (χ1) is 25.6. The minimum Gasteiger partial charge on any atom is -0.490 e. The van der Waals surface area contributed by atoms with Crippen molar-refractivity contribution in [1.29, 1.82) is 0 Å². The van der Waals surface area contributed by atoms with Crippen molar-refractivity contribution in [3.63, 3.8) is 0 Å². The van der Waals surface area contributed by atoms with Gasteiger partial charge in [0, 0.05) is 66.0 Å². The number of fused-ring (bicyclic) bond motifs is 2. The van der Waals surface area contributed by atoms with Gasteiger partial charge in [0.1, 0.15) is 11.8 Å². The number of rotatable bonds is 7. The van der Waals surface area contributed by atoms with Gasteiger partial charge in [0.25, 0.3) is 17.7 Å². The fourth-order valence-electron chi connectivity index (χ4n) is 8.03. The molecule has 3 aliphatic heterocycles. The van der Waals surface area contributed by atoms with E-state index in [0.29, 0.717) is 22.0 Å². The zero-order valence-corrected chi connectivity index (χ0v) is 29.6. The molecule has 3 fully saturated rings. The average molecular weight is 733 g/mol. The zero-order valence-electron chi connectivity index (χ0n) is 28.8. The Balaban J connectivity index is 0.830. The highest BCUT2D eigenvalue weighted by Gasteiger charge is 2.45. The molecule has 0 radical (unpaired) electrons. The maximum atomic E-state index is 13.3. The summed E-state index contributed by atoms with van der Waals surface area (Å²) in [5.41, 5.74) is 2.65. The van der Waals surface area contributed by atoms with Gasteiger partial charge >= 0.3 is 0 Å². The molecule has 1 atom stereocenters. The Kier molecular flexibility index (Phi) is 9.12. The van der Waals surface area contributed by atoms with Gasteiger partial charge in [-0.3, -0.25) is 34.2 Å². The van der Waals surface area contributed by atoms with E-state index in [9.17, 15) is 24.0 Å². The molecule has 2 N–H and O–H groups in total. The molecule has 3 aromatic carbocycles. The molecular formula is C40H37ClN6O6. The number of nitrogens with zero attached hydrogens (tertiary/aromatic N) is 4. The molecule has 1 aromatic heterocycles. The van der Waals surface area contributed by atoms with Crippen molar-refractivity contribution in [1.82, 2.24) is 20.1 Å². The standard InChI is InChI=1S/C40H37ClN6O6/c1-42-34-11-10-30(20-33(34)41)53-29-8-4-26(5-9-29)43-37(49)23-2-6-27(7-3-23)45-16-14-28(15-17-45)46-21-24-18-31-32(19-25(24)22-46)40(52)47(39(31)51)35-12-13-36(48)44-38(35)50/h2-3,6-7,10-11,18-22,26,28-29,35H,4-5,8-9,12-17H2,(H,43,49)(H,44,48,50). The molecule has 0 bridgehead atoms. The molecule has 1 unspecified atom stereocenters. The lowest BCUT2D eigenvalue weighted by atomic mass is 9.92. The van der Waals surface area contributed by atoms with E-state index >= 15 is 0 Å². The summed E-state index contributed by atoms with van der Waals surface area (Å²) in [6, 6.07) is 15.7. The molecule has 13 heteroatoms. The summed E-state index contributed by atoms with van der Waals surface area (Å²) in [5, 5.41) is 7.50. The van der Waals surface area contributed by atoms with E-state index < -0.39 is 29.7 Å². The monoisotopic (exact) mass is 732 g/mol. The van der Waals surface area contributed by atoms with Gasteiger partial charge in [0.05, 0.1) is 28.8 Å². The number of hydrogen-bond donors (Lipinski definition) is 2. The molecule has 53 heavy (non-hydrogen) atoms. The Hall–Kier alpha value is -5.67. The second kappa shape index (κ2) is 14.0. The molecule has 5 amide bonds. The molecule has 4 aliphatic rings. The number of anilines is 1. The van der Waals surface area contributed by atoms with Crippen molar-refractivity contribution >= 4 is 63.3 Å². The van der Waals surface area contributed by atoms with Gasteiger partial charge in [-0.05, 0) is 93.5 Å². The number of halogens is 1. The van der Waals surface area contributed by atoms with E-state index in [2.05, 4.69) is 24.9 Å². The van der Waals surface area contributed by atoms with Crippen LogP contribution >= 0.6 is 11.6 Å². The number of aromatic nitrogens is 1. The van der Waals surface area contributed by atoms with Crippen LogP contribution in [0.25, 0.3) is 15.6 Å². The fraction of sp³-hybridized carbons (Fsp3) is 0.350. The van der Waals surface area contributed by atoms with E-state index in [-0.39, 0.29) is 48.1 Å². The number of imide groups is 2. The van der Waals surface area contributed by atoms with Crippen LogP contribution in [-0.4, -0.2) is 70.3 Å². The van der Waals surface area contributed by atoms with Crippen LogP contribution in [0.5, 0.6) is 5.75 Å². The first kappa shape index (κ1) is 34.4. The second-order valence-corrected chi connectivity index (χ2v) is 14.6. The normalized spacial score (nSPS) is 22.1. The van der Waals surface area contributed by atoms with Gasteiger partial charge in [0.2, 0.25) is 17.5 Å². The molecule has 1 aliphatic carbocycles.